The zero-order valence-corrected chi connectivity index (χ0v) is 12.6. The zero-order valence-electron chi connectivity index (χ0n) is 9.63. The third-order valence-electron chi connectivity index (χ3n) is 2.59. The van der Waals surface area contributed by atoms with E-state index in [1.807, 2.05) is 41.3 Å². The lowest BCUT2D eigenvalue weighted by Crippen LogP contribution is -2.18. The summed E-state index contributed by atoms with van der Waals surface area (Å²) >= 11 is 7.23. The van der Waals surface area contributed by atoms with Crippen LogP contribution in [0.15, 0.2) is 12.1 Å². The van der Waals surface area contributed by atoms with E-state index in [9.17, 15) is 4.39 Å². The van der Waals surface area contributed by atoms with Crippen molar-refractivity contribution in [2.75, 3.05) is 20.6 Å². The van der Waals surface area contributed by atoms with Crippen molar-refractivity contribution in [3.05, 3.63) is 26.3 Å². The van der Waals surface area contributed by atoms with E-state index in [-0.39, 0.29) is 5.82 Å². The van der Waals surface area contributed by atoms with Gasteiger partial charge in [-0.1, -0.05) is 0 Å². The third-order valence-corrected chi connectivity index (χ3v) is 3.74. The molecule has 0 saturated carbocycles. The molecule has 92 valence electrons. The van der Waals surface area contributed by atoms with Gasteiger partial charge in [0.15, 0.2) is 4.77 Å². The van der Waals surface area contributed by atoms with Gasteiger partial charge in [-0.2, -0.15) is 0 Å². The van der Waals surface area contributed by atoms with Crippen LogP contribution in [0.1, 0.15) is 0 Å². The number of nitrogens with one attached hydrogen (secondary N) is 1. The predicted molar refractivity (Wildman–Crippen MR) is 78.4 cm³/mol. The van der Waals surface area contributed by atoms with E-state index in [1.54, 1.807) is 12.1 Å². The van der Waals surface area contributed by atoms with Gasteiger partial charge in [-0.05, 0) is 55.0 Å². The third kappa shape index (κ3) is 2.69. The molecule has 0 atom stereocenters. The summed E-state index contributed by atoms with van der Waals surface area (Å²) in [5, 5.41) is 0. The van der Waals surface area contributed by atoms with Crippen LogP contribution in [0.5, 0.6) is 0 Å². The number of likely N-dealkylation sites (N-methyl/N-ethyl adjacent to an activating group) is 1. The van der Waals surface area contributed by atoms with Crippen molar-refractivity contribution in [2.24, 2.45) is 0 Å². The Labute approximate surface area is 118 Å². The summed E-state index contributed by atoms with van der Waals surface area (Å²) in [7, 11) is 4.00. The summed E-state index contributed by atoms with van der Waals surface area (Å²) in [6.07, 6.45) is 0. The Morgan fingerprint density at radius 2 is 2.18 bits per heavy atom. The quantitative estimate of drug-likeness (QED) is 0.668. The monoisotopic (exact) mass is 365 g/mol. The first-order valence-corrected chi connectivity index (χ1v) is 6.70. The lowest BCUT2D eigenvalue weighted by atomic mass is 10.3. The molecule has 0 amide bonds. The number of hydrogen-bond acceptors (Lipinski definition) is 2. The molecule has 17 heavy (non-hydrogen) atoms. The van der Waals surface area contributed by atoms with E-state index >= 15 is 0 Å². The molecule has 2 aromatic rings. The van der Waals surface area contributed by atoms with Crippen molar-refractivity contribution in [2.45, 2.75) is 6.54 Å². The Hall–Kier alpha value is -0.470. The zero-order chi connectivity index (χ0) is 12.6. The van der Waals surface area contributed by atoms with Crippen LogP contribution in [0.3, 0.4) is 0 Å². The molecule has 0 aliphatic rings. The van der Waals surface area contributed by atoms with E-state index in [1.165, 1.54) is 0 Å². The molecular weight excluding hydrogens is 352 g/mol. The fourth-order valence-electron chi connectivity index (χ4n) is 1.67. The fraction of sp³-hybridized carbons (Fsp3) is 0.364. The van der Waals surface area contributed by atoms with Gasteiger partial charge in [0, 0.05) is 19.2 Å². The maximum atomic E-state index is 13.6. The van der Waals surface area contributed by atoms with Gasteiger partial charge in [0.05, 0.1) is 14.6 Å². The Morgan fingerprint density at radius 1 is 1.47 bits per heavy atom. The van der Waals surface area contributed by atoms with E-state index in [4.69, 9.17) is 12.2 Å². The molecule has 0 unspecified atom stereocenters. The Kier molecular flexibility index (Phi) is 3.84. The maximum absolute atomic E-state index is 13.6. The molecule has 1 aromatic heterocycles. The van der Waals surface area contributed by atoms with Crippen molar-refractivity contribution in [1.82, 2.24) is 14.5 Å². The number of fused-ring (bicyclic) bond motifs is 1. The van der Waals surface area contributed by atoms with Gasteiger partial charge in [0.25, 0.3) is 0 Å². The highest BCUT2D eigenvalue weighted by Gasteiger charge is 2.08. The van der Waals surface area contributed by atoms with Crippen molar-refractivity contribution in [1.29, 1.82) is 0 Å². The molecule has 0 aliphatic heterocycles. The molecule has 1 heterocycles. The van der Waals surface area contributed by atoms with Gasteiger partial charge in [0.1, 0.15) is 5.82 Å². The molecule has 0 fully saturated rings. The number of imidazole rings is 1. The predicted octanol–water partition coefficient (Wildman–Crippen LogP) is 3.00. The first-order valence-electron chi connectivity index (χ1n) is 5.21. The number of aromatic amines is 1. The van der Waals surface area contributed by atoms with Gasteiger partial charge in [-0.3, -0.25) is 0 Å². The maximum Gasteiger partial charge on any atom is 0.178 e. The average Bonchev–Trinajstić information content (AvgIpc) is 2.52. The van der Waals surface area contributed by atoms with Crippen LogP contribution in [0.4, 0.5) is 4.39 Å². The largest absolute Gasteiger partial charge is 0.331 e. The molecule has 2 rings (SSSR count). The Morgan fingerprint density at radius 3 is 2.82 bits per heavy atom. The van der Waals surface area contributed by atoms with E-state index in [0.29, 0.717) is 8.34 Å². The summed E-state index contributed by atoms with van der Waals surface area (Å²) in [4.78, 5) is 5.18. The average molecular weight is 365 g/mol. The molecule has 0 aliphatic carbocycles. The number of aromatic nitrogens is 2. The van der Waals surface area contributed by atoms with Crippen molar-refractivity contribution in [3.8, 4) is 0 Å². The second-order valence-corrected chi connectivity index (χ2v) is 5.72. The van der Waals surface area contributed by atoms with Crippen LogP contribution in [0.25, 0.3) is 11.0 Å². The minimum absolute atomic E-state index is 0.203. The standard InChI is InChI=1S/C11H13FIN3S/c1-15(2)3-4-16-10-5-7(12)8(13)6-9(10)14-11(16)17/h5-6H,3-4H2,1-2H3,(H,14,17). The Bertz CT molecular complexity index is 603. The van der Waals surface area contributed by atoms with Crippen LogP contribution in [-0.4, -0.2) is 35.1 Å². The molecule has 0 bridgehead atoms. The molecule has 0 spiro atoms. The summed E-state index contributed by atoms with van der Waals surface area (Å²) < 4.78 is 16.7. The first kappa shape index (κ1) is 13.0. The molecule has 1 aromatic carbocycles. The van der Waals surface area contributed by atoms with E-state index < -0.39 is 0 Å². The van der Waals surface area contributed by atoms with Crippen LogP contribution >= 0.6 is 34.8 Å². The number of rotatable bonds is 3. The number of halogens is 2. The van der Waals surface area contributed by atoms with Crippen molar-refractivity contribution >= 4 is 45.8 Å². The highest BCUT2D eigenvalue weighted by molar-refractivity contribution is 14.1. The summed E-state index contributed by atoms with van der Waals surface area (Å²) in [5.41, 5.74) is 1.72. The first-order chi connectivity index (χ1) is 7.99. The van der Waals surface area contributed by atoms with Crippen LogP contribution < -0.4 is 0 Å². The number of H-pyrrole nitrogens is 1. The number of hydrogen-bond donors (Lipinski definition) is 1. The highest BCUT2D eigenvalue weighted by atomic mass is 127. The molecular formula is C11H13FIN3S. The summed E-state index contributed by atoms with van der Waals surface area (Å²) in [6, 6.07) is 3.33. The molecule has 0 saturated heterocycles. The molecule has 0 radical (unpaired) electrons. The van der Waals surface area contributed by atoms with Crippen molar-refractivity contribution < 1.29 is 4.39 Å². The lowest BCUT2D eigenvalue weighted by Gasteiger charge is -2.10. The van der Waals surface area contributed by atoms with Gasteiger partial charge in [-0.15, -0.1) is 0 Å². The van der Waals surface area contributed by atoms with E-state index in [2.05, 4.69) is 9.88 Å². The highest BCUT2D eigenvalue weighted by Crippen LogP contribution is 2.20. The molecule has 6 heteroatoms. The number of nitrogens with zero attached hydrogens (tertiary/aromatic N) is 2. The van der Waals surface area contributed by atoms with Crippen LogP contribution in [0, 0.1) is 14.2 Å². The second-order valence-electron chi connectivity index (χ2n) is 4.17. The van der Waals surface area contributed by atoms with E-state index in [0.717, 1.165) is 24.1 Å². The van der Waals surface area contributed by atoms with Gasteiger partial charge < -0.3 is 14.5 Å². The van der Waals surface area contributed by atoms with Gasteiger partial charge in [0.2, 0.25) is 0 Å². The summed E-state index contributed by atoms with van der Waals surface area (Å²) in [5.74, 6) is -0.203. The smallest absolute Gasteiger partial charge is 0.178 e. The fourth-order valence-corrected chi connectivity index (χ4v) is 2.44. The molecule has 1 N–H and O–H groups in total. The van der Waals surface area contributed by atoms with Gasteiger partial charge >= 0.3 is 0 Å². The summed E-state index contributed by atoms with van der Waals surface area (Å²) in [6.45, 7) is 1.63. The minimum atomic E-state index is -0.203. The number of benzene rings is 1. The second kappa shape index (κ2) is 5.03. The normalized spacial score (nSPS) is 11.6. The lowest BCUT2D eigenvalue weighted by molar-refractivity contribution is 0.385. The topological polar surface area (TPSA) is 24.0 Å². The van der Waals surface area contributed by atoms with Crippen molar-refractivity contribution in [3.63, 3.8) is 0 Å². The van der Waals surface area contributed by atoms with Crippen LogP contribution in [-0.2, 0) is 6.54 Å². The minimum Gasteiger partial charge on any atom is -0.331 e. The van der Waals surface area contributed by atoms with Crippen LogP contribution in [0.2, 0.25) is 0 Å². The Balaban J connectivity index is 2.51. The molecule has 3 nitrogen and oxygen atoms in total. The SMILES string of the molecule is CN(C)CCn1c(=S)[nH]c2cc(I)c(F)cc21. The van der Waals surface area contributed by atoms with Gasteiger partial charge in [-0.25, -0.2) is 4.39 Å².